The summed E-state index contributed by atoms with van der Waals surface area (Å²) in [5, 5.41) is 11.2. The highest BCUT2D eigenvalue weighted by atomic mass is 16.7. The first-order valence-electron chi connectivity index (χ1n) is 11.5. The molecule has 4 aromatic rings. The zero-order chi connectivity index (χ0) is 22.8. The summed E-state index contributed by atoms with van der Waals surface area (Å²) < 4.78 is 10.4. The molecule has 1 aliphatic heterocycles. The van der Waals surface area contributed by atoms with Crippen LogP contribution < -0.4 is 9.47 Å². The Labute approximate surface area is 192 Å². The monoisotopic (exact) mass is 447 g/mol. The first-order chi connectivity index (χ1) is 16.1. The van der Waals surface area contributed by atoms with E-state index in [1.54, 1.807) is 13.2 Å². The van der Waals surface area contributed by atoms with E-state index in [4.69, 9.17) is 14.6 Å². The number of H-pyrrole nitrogens is 2. The molecule has 0 unspecified atom stereocenters. The van der Waals surface area contributed by atoms with Crippen LogP contribution in [0.15, 0.2) is 48.8 Å². The van der Waals surface area contributed by atoms with Crippen molar-refractivity contribution in [1.82, 2.24) is 14.9 Å². The number of hydrogen-bond acceptors (Lipinski definition) is 4. The Morgan fingerprint density at radius 3 is 2.73 bits per heavy atom. The number of hydrogen-bond donors (Lipinski definition) is 3. The number of ether oxygens (including phenoxy) is 2. The van der Waals surface area contributed by atoms with Crippen LogP contribution in [0.4, 0.5) is 4.79 Å². The molecule has 3 N–H and O–H groups in total. The van der Waals surface area contributed by atoms with Gasteiger partial charge in [-0.1, -0.05) is 6.07 Å². The van der Waals surface area contributed by atoms with Gasteiger partial charge in [0.05, 0.1) is 7.11 Å². The number of aromatic amines is 2. The summed E-state index contributed by atoms with van der Waals surface area (Å²) in [5.41, 5.74) is 4.71. The number of piperidine rings is 1. The average molecular weight is 448 g/mol. The highest BCUT2D eigenvalue weighted by Crippen LogP contribution is 2.35. The Morgan fingerprint density at radius 2 is 1.94 bits per heavy atom. The van der Waals surface area contributed by atoms with E-state index in [0.29, 0.717) is 11.7 Å². The smallest absolute Gasteiger partial charge is 0.496 e. The fraction of sp³-hybridized carbons (Fsp3) is 0.346. The van der Waals surface area contributed by atoms with Gasteiger partial charge in [-0.3, -0.25) is 0 Å². The summed E-state index contributed by atoms with van der Waals surface area (Å²) in [6, 6.07) is 11.5. The molecular weight excluding hydrogens is 418 g/mol. The topological polar surface area (TPSA) is 90.6 Å². The first-order valence-corrected chi connectivity index (χ1v) is 11.5. The van der Waals surface area contributed by atoms with Crippen molar-refractivity contribution >= 4 is 28.0 Å². The Hall–Kier alpha value is -3.45. The van der Waals surface area contributed by atoms with Crippen LogP contribution in [-0.2, 0) is 6.42 Å². The summed E-state index contributed by atoms with van der Waals surface area (Å²) in [6.45, 7) is 3.22. The van der Waals surface area contributed by atoms with E-state index in [1.165, 1.54) is 16.5 Å². The Kier molecular flexibility index (Phi) is 5.96. The number of aryl methyl sites for hydroxylation is 1. The van der Waals surface area contributed by atoms with E-state index in [2.05, 4.69) is 33.3 Å². The van der Waals surface area contributed by atoms with Crippen LogP contribution in [0.5, 0.6) is 11.5 Å². The molecule has 33 heavy (non-hydrogen) atoms. The summed E-state index contributed by atoms with van der Waals surface area (Å²) >= 11 is 0. The fourth-order valence-electron chi connectivity index (χ4n) is 5.17. The zero-order valence-electron chi connectivity index (χ0n) is 18.8. The highest BCUT2D eigenvalue weighted by molar-refractivity contribution is 5.89. The minimum Gasteiger partial charge on any atom is -0.496 e. The van der Waals surface area contributed by atoms with Gasteiger partial charge in [0.2, 0.25) is 0 Å². The fourth-order valence-corrected chi connectivity index (χ4v) is 5.17. The van der Waals surface area contributed by atoms with Gasteiger partial charge < -0.3 is 29.4 Å². The number of carbonyl (C=O) groups is 1. The average Bonchev–Trinajstić information content (AvgIpc) is 3.43. The van der Waals surface area contributed by atoms with Crippen LogP contribution in [-0.4, -0.2) is 52.9 Å². The van der Waals surface area contributed by atoms with Crippen molar-refractivity contribution in [3.63, 3.8) is 0 Å². The van der Waals surface area contributed by atoms with Crippen molar-refractivity contribution in [1.29, 1.82) is 0 Å². The molecule has 0 radical (unpaired) electrons. The number of nitrogens with zero attached hydrogens (tertiary/aromatic N) is 1. The molecule has 0 aliphatic carbocycles. The number of rotatable bonds is 7. The maximum absolute atomic E-state index is 10.9. The van der Waals surface area contributed by atoms with E-state index < -0.39 is 6.16 Å². The third kappa shape index (κ3) is 4.41. The summed E-state index contributed by atoms with van der Waals surface area (Å²) in [4.78, 5) is 20.1. The van der Waals surface area contributed by atoms with Crippen LogP contribution >= 0.6 is 0 Å². The molecule has 0 atom stereocenters. The van der Waals surface area contributed by atoms with Gasteiger partial charge in [-0.15, -0.1) is 0 Å². The van der Waals surface area contributed by atoms with E-state index in [0.717, 1.165) is 67.5 Å². The maximum Gasteiger partial charge on any atom is 0.511 e. The van der Waals surface area contributed by atoms with Crippen LogP contribution in [0.1, 0.15) is 36.3 Å². The molecule has 7 nitrogen and oxygen atoms in total. The lowest BCUT2D eigenvalue weighted by Crippen LogP contribution is -2.33. The predicted octanol–water partition coefficient (Wildman–Crippen LogP) is 5.53. The van der Waals surface area contributed by atoms with Gasteiger partial charge >= 0.3 is 6.16 Å². The number of methoxy groups -OCH3 is 1. The van der Waals surface area contributed by atoms with E-state index >= 15 is 0 Å². The number of likely N-dealkylation sites (tertiary alicyclic amines) is 1. The number of carboxylic acid groups (broad SMARTS) is 1. The van der Waals surface area contributed by atoms with Gasteiger partial charge in [-0.05, 0) is 92.7 Å². The molecule has 5 rings (SSSR count). The third-order valence-corrected chi connectivity index (χ3v) is 6.81. The lowest BCUT2D eigenvalue weighted by molar-refractivity contribution is 0.144. The number of nitrogens with one attached hydrogen (secondary N) is 2. The molecule has 1 fully saturated rings. The molecule has 2 aromatic heterocycles. The van der Waals surface area contributed by atoms with Gasteiger partial charge in [0, 0.05) is 34.2 Å². The standard InChI is InChI=1S/C26H29N3O4/c1-32-24-6-2-5-23-25(24)18(15-27-23)4-3-11-29-12-9-17(10-13-29)21-16-28-22-8-7-19(14-20(21)22)33-26(30)31/h2,5-8,14-17,27-28H,3-4,9-13H2,1H3,(H,30,31). The van der Waals surface area contributed by atoms with Gasteiger partial charge in [0.25, 0.3) is 0 Å². The molecule has 172 valence electrons. The Morgan fingerprint density at radius 1 is 1.12 bits per heavy atom. The van der Waals surface area contributed by atoms with Crippen molar-refractivity contribution in [2.75, 3.05) is 26.7 Å². The van der Waals surface area contributed by atoms with Crippen molar-refractivity contribution in [3.05, 3.63) is 59.9 Å². The summed E-state index contributed by atoms with van der Waals surface area (Å²) in [7, 11) is 1.73. The second kappa shape index (κ2) is 9.19. The molecule has 7 heteroatoms. The third-order valence-electron chi connectivity index (χ3n) is 6.81. The summed E-state index contributed by atoms with van der Waals surface area (Å²) in [6.07, 6.45) is 7.22. The maximum atomic E-state index is 10.9. The zero-order valence-corrected chi connectivity index (χ0v) is 18.8. The molecule has 0 spiro atoms. The molecule has 0 amide bonds. The van der Waals surface area contributed by atoms with E-state index in [9.17, 15) is 4.79 Å². The second-order valence-electron chi connectivity index (χ2n) is 8.74. The van der Waals surface area contributed by atoms with Crippen LogP contribution in [0.3, 0.4) is 0 Å². The predicted molar refractivity (Wildman–Crippen MR) is 129 cm³/mol. The normalized spacial score (nSPS) is 15.3. The van der Waals surface area contributed by atoms with Crippen LogP contribution in [0, 0.1) is 0 Å². The van der Waals surface area contributed by atoms with Crippen LogP contribution in [0.25, 0.3) is 21.8 Å². The lowest BCUT2D eigenvalue weighted by atomic mass is 9.89. The minimum atomic E-state index is -1.29. The van der Waals surface area contributed by atoms with Gasteiger partial charge in [-0.2, -0.15) is 0 Å². The molecule has 3 heterocycles. The molecule has 2 aromatic carbocycles. The number of fused-ring (bicyclic) bond motifs is 2. The molecule has 0 saturated carbocycles. The second-order valence-corrected chi connectivity index (χ2v) is 8.74. The molecular formula is C26H29N3O4. The van der Waals surface area contributed by atoms with Crippen molar-refractivity contribution < 1.29 is 19.4 Å². The van der Waals surface area contributed by atoms with Gasteiger partial charge in [-0.25, -0.2) is 4.79 Å². The van der Waals surface area contributed by atoms with E-state index in [1.807, 2.05) is 24.3 Å². The minimum absolute atomic E-state index is 0.363. The number of aromatic nitrogens is 2. The Balaban J connectivity index is 1.18. The molecule has 1 aliphatic rings. The largest absolute Gasteiger partial charge is 0.511 e. The highest BCUT2D eigenvalue weighted by Gasteiger charge is 2.23. The van der Waals surface area contributed by atoms with Crippen molar-refractivity contribution in [2.24, 2.45) is 0 Å². The summed E-state index contributed by atoms with van der Waals surface area (Å²) in [5.74, 6) is 1.76. The SMILES string of the molecule is COc1cccc2[nH]cc(CCCN3CCC(c4c[nH]c5ccc(OC(=O)O)cc45)CC3)c12. The van der Waals surface area contributed by atoms with Gasteiger partial charge in [0.1, 0.15) is 11.5 Å². The lowest BCUT2D eigenvalue weighted by Gasteiger charge is -2.32. The number of benzene rings is 2. The first kappa shape index (κ1) is 21.4. The van der Waals surface area contributed by atoms with Gasteiger partial charge in [0.15, 0.2) is 0 Å². The quantitative estimate of drug-likeness (QED) is 0.256. The van der Waals surface area contributed by atoms with Crippen molar-refractivity contribution in [2.45, 2.75) is 31.6 Å². The van der Waals surface area contributed by atoms with E-state index in [-0.39, 0.29) is 0 Å². The molecule has 1 saturated heterocycles. The van der Waals surface area contributed by atoms with Crippen molar-refractivity contribution in [3.8, 4) is 11.5 Å². The van der Waals surface area contributed by atoms with Crippen LogP contribution in [0.2, 0.25) is 0 Å². The Bertz CT molecular complexity index is 1270. The molecule has 0 bridgehead atoms.